The van der Waals surface area contributed by atoms with E-state index in [1.807, 2.05) is 87.8 Å². The third-order valence-corrected chi connectivity index (χ3v) is 16.2. The number of thiazole rings is 1. The Morgan fingerprint density at radius 2 is 1.59 bits per heavy atom. The number of anilines is 3. The maximum atomic E-state index is 14.2. The van der Waals surface area contributed by atoms with E-state index in [-0.39, 0.29) is 94.0 Å². The molecule has 3 amide bonds. The van der Waals surface area contributed by atoms with Gasteiger partial charge in [-0.1, -0.05) is 51.1 Å². The Kier molecular flexibility index (Phi) is 18.8. The first-order chi connectivity index (χ1) is 38.4. The summed E-state index contributed by atoms with van der Waals surface area (Å²) in [4.78, 5) is 79.2. The molecule has 3 atom stereocenters. The summed E-state index contributed by atoms with van der Waals surface area (Å²) in [5, 5.41) is 25.2. The zero-order valence-electron chi connectivity index (χ0n) is 45.7. The number of likely N-dealkylation sites (tertiary alicyclic amines) is 1. The van der Waals surface area contributed by atoms with E-state index in [2.05, 4.69) is 30.7 Å². The van der Waals surface area contributed by atoms with Gasteiger partial charge in [0.05, 0.1) is 52.5 Å². The number of nitrogens with zero attached hydrogens (tertiary/aromatic N) is 5. The Morgan fingerprint density at radius 3 is 2.29 bits per heavy atom. The number of aliphatic hydroxyl groups is 1. The standard InChI is InChI=1S/C60H70F2N8O9S/c1-37-56(80-36-63-37)41-9-5-38(6-10-41)8-14-54(73)53-32-46(71)33-70(53)59(76)50(60(2,3)4)31-47(72)34-78-23-24-79-35-55(74)69-19-17-68(18-20-69)45-11-12-48(52(30-45)64-44-15-21-77-22-16-44)58(75)65-57-49-28-39(7-13-51(49)66-67-57)25-40-26-42(61)29-43(62)27-40/h5-7,9-13,26-30,36,44,46,50,53,64,71H,8,14-25,31-35H2,1-4H3,(H2,65,66,67,75)/t46-,50-,53+/m1/s1. The molecule has 3 fully saturated rings. The van der Waals surface area contributed by atoms with Crippen LogP contribution in [0.1, 0.15) is 85.6 Å². The molecule has 0 saturated carbocycles. The van der Waals surface area contributed by atoms with Gasteiger partial charge in [-0.15, -0.1) is 11.3 Å². The number of Topliss-reactive ketones (excluding diaryl/α,β-unsaturated/α-hetero) is 2. The van der Waals surface area contributed by atoms with E-state index in [1.54, 1.807) is 22.3 Å². The number of amides is 3. The van der Waals surface area contributed by atoms with E-state index in [1.165, 1.54) is 17.0 Å². The number of benzene rings is 4. The van der Waals surface area contributed by atoms with Crippen LogP contribution < -0.4 is 15.5 Å². The van der Waals surface area contributed by atoms with Crippen molar-refractivity contribution in [2.75, 3.05) is 87.9 Å². The Bertz CT molecular complexity index is 3150. The fourth-order valence-corrected chi connectivity index (χ4v) is 11.5. The van der Waals surface area contributed by atoms with Crippen LogP contribution in [0.4, 0.5) is 26.0 Å². The predicted molar refractivity (Wildman–Crippen MR) is 302 cm³/mol. The number of fused-ring (bicyclic) bond motifs is 1. The molecular weight excluding hydrogens is 1050 g/mol. The lowest BCUT2D eigenvalue weighted by Crippen LogP contribution is -2.49. The van der Waals surface area contributed by atoms with Crippen LogP contribution in [0.25, 0.3) is 21.3 Å². The molecule has 0 radical (unpaired) electrons. The first-order valence-corrected chi connectivity index (χ1v) is 28.3. The summed E-state index contributed by atoms with van der Waals surface area (Å²) in [5.41, 5.74) is 8.12. The van der Waals surface area contributed by atoms with Gasteiger partial charge < -0.3 is 44.7 Å². The van der Waals surface area contributed by atoms with Crippen LogP contribution in [0.15, 0.2) is 84.4 Å². The number of hydrogen-bond donors (Lipinski definition) is 4. The first-order valence-electron chi connectivity index (χ1n) is 27.4. The minimum atomic E-state index is -0.842. The number of carbonyl (C=O) groups excluding carboxylic acids is 5. The number of aliphatic hydroxyl groups excluding tert-OH is 1. The van der Waals surface area contributed by atoms with E-state index < -0.39 is 35.1 Å². The van der Waals surface area contributed by atoms with E-state index >= 15 is 0 Å². The van der Waals surface area contributed by atoms with Gasteiger partial charge >= 0.3 is 0 Å². The molecule has 3 aliphatic heterocycles. The lowest BCUT2D eigenvalue weighted by atomic mass is 9.76. The molecule has 0 spiro atoms. The van der Waals surface area contributed by atoms with E-state index in [0.29, 0.717) is 79.3 Å². The average Bonchev–Trinajstić information content (AvgIpc) is 4.24. The molecular formula is C60H70F2N8O9S. The van der Waals surface area contributed by atoms with Crippen molar-refractivity contribution in [1.82, 2.24) is 25.0 Å². The third kappa shape index (κ3) is 14.7. The molecule has 4 aromatic carbocycles. The van der Waals surface area contributed by atoms with E-state index in [0.717, 1.165) is 51.9 Å². The SMILES string of the molecule is Cc1ncsc1-c1ccc(CCC(=O)[C@@H]2C[C@@H](O)CN2C(=O)[C@@H](CC(=O)COCCOCC(=O)N2CCN(c3ccc(C(=O)Nc4n[nH]c5ccc(Cc6cc(F)cc(F)c6)cc45)c(NC4CCOCC4)c3)CC2)C(C)(C)C)cc1. The topological polar surface area (TPSA) is 209 Å². The van der Waals surface area contributed by atoms with Crippen molar-refractivity contribution in [1.29, 1.82) is 0 Å². The highest BCUT2D eigenvalue weighted by Crippen LogP contribution is 2.35. The molecule has 17 nitrogen and oxygen atoms in total. The number of ketones is 2. The van der Waals surface area contributed by atoms with Gasteiger partial charge in [0.1, 0.15) is 24.8 Å². The van der Waals surface area contributed by atoms with Gasteiger partial charge in [-0.25, -0.2) is 13.8 Å². The molecule has 5 heterocycles. The van der Waals surface area contributed by atoms with Crippen LogP contribution in [0.5, 0.6) is 0 Å². The van der Waals surface area contributed by atoms with Crippen molar-refractivity contribution >= 4 is 68.7 Å². The molecule has 3 saturated heterocycles. The zero-order valence-corrected chi connectivity index (χ0v) is 46.6. The van der Waals surface area contributed by atoms with Crippen molar-refractivity contribution in [2.45, 2.75) is 90.8 Å². The van der Waals surface area contributed by atoms with Crippen LogP contribution in [0.3, 0.4) is 0 Å². The molecule has 2 aromatic heterocycles. The number of hydrogen-bond acceptors (Lipinski definition) is 14. The fraction of sp³-hybridized carbons (Fsp3) is 0.450. The summed E-state index contributed by atoms with van der Waals surface area (Å²) < 4.78 is 44.8. The van der Waals surface area contributed by atoms with Crippen LogP contribution in [0.2, 0.25) is 0 Å². The number of β-amino-alcohol motifs (C(OH)–C–C–N with tert-alkyl or cyclic N) is 1. The highest BCUT2D eigenvalue weighted by atomic mass is 32.1. The highest BCUT2D eigenvalue weighted by Gasteiger charge is 2.44. The van der Waals surface area contributed by atoms with Crippen molar-refractivity contribution in [3.05, 3.63) is 124 Å². The minimum absolute atomic E-state index is 0.0257. The summed E-state index contributed by atoms with van der Waals surface area (Å²) in [6.45, 7) is 10.5. The van der Waals surface area contributed by atoms with Gasteiger partial charge in [0.2, 0.25) is 11.8 Å². The molecule has 0 unspecified atom stereocenters. The smallest absolute Gasteiger partial charge is 0.258 e. The van der Waals surface area contributed by atoms with Crippen LogP contribution in [0, 0.1) is 29.9 Å². The largest absolute Gasteiger partial charge is 0.391 e. The van der Waals surface area contributed by atoms with Gasteiger partial charge in [0.25, 0.3) is 5.91 Å². The van der Waals surface area contributed by atoms with Gasteiger partial charge in [0.15, 0.2) is 17.4 Å². The lowest BCUT2D eigenvalue weighted by Gasteiger charge is -2.36. The molecule has 4 N–H and O–H groups in total. The summed E-state index contributed by atoms with van der Waals surface area (Å²) in [5.74, 6) is -3.03. The second-order valence-corrected chi connectivity index (χ2v) is 22.9. The van der Waals surface area contributed by atoms with Crippen molar-refractivity contribution in [3.63, 3.8) is 0 Å². The van der Waals surface area contributed by atoms with Crippen LogP contribution >= 0.6 is 11.3 Å². The number of aryl methyl sites for hydroxylation is 2. The van der Waals surface area contributed by atoms with Crippen molar-refractivity contribution in [2.24, 2.45) is 11.3 Å². The maximum Gasteiger partial charge on any atom is 0.258 e. The predicted octanol–water partition coefficient (Wildman–Crippen LogP) is 8.17. The highest BCUT2D eigenvalue weighted by molar-refractivity contribution is 7.13. The molecule has 20 heteroatoms. The minimum Gasteiger partial charge on any atom is -0.391 e. The van der Waals surface area contributed by atoms with E-state index in [4.69, 9.17) is 14.2 Å². The van der Waals surface area contributed by atoms with Crippen LogP contribution in [-0.4, -0.2) is 150 Å². The number of piperazine rings is 1. The molecule has 9 rings (SSSR count). The number of ether oxygens (including phenoxy) is 3. The molecule has 424 valence electrons. The molecule has 80 heavy (non-hydrogen) atoms. The number of halogens is 2. The number of carbonyl (C=O) groups is 5. The fourth-order valence-electron chi connectivity index (χ4n) is 10.7. The summed E-state index contributed by atoms with van der Waals surface area (Å²) in [6, 6.07) is 21.9. The zero-order chi connectivity index (χ0) is 56.5. The van der Waals surface area contributed by atoms with E-state index in [9.17, 15) is 37.9 Å². The Labute approximate surface area is 468 Å². The monoisotopic (exact) mass is 1120 g/mol. The molecule has 3 aliphatic rings. The normalized spacial score (nSPS) is 17.5. The van der Waals surface area contributed by atoms with Gasteiger partial charge in [0, 0.05) is 100.0 Å². The van der Waals surface area contributed by atoms with Gasteiger partial charge in [-0.05, 0) is 103 Å². The van der Waals surface area contributed by atoms with Crippen LogP contribution in [-0.2, 0) is 46.2 Å². The maximum absolute atomic E-state index is 14.2. The first kappa shape index (κ1) is 57.7. The number of aromatic nitrogens is 3. The van der Waals surface area contributed by atoms with Gasteiger partial charge in [-0.2, -0.15) is 5.10 Å². The Balaban J connectivity index is 0.718. The summed E-state index contributed by atoms with van der Waals surface area (Å²) >= 11 is 1.58. The number of H-pyrrole nitrogens is 1. The lowest BCUT2D eigenvalue weighted by molar-refractivity contribution is -0.146. The quantitative estimate of drug-likeness (QED) is 0.0474. The summed E-state index contributed by atoms with van der Waals surface area (Å²) in [6.07, 6.45) is 1.74. The average molecular weight is 1120 g/mol. The second kappa shape index (κ2) is 26.1. The second-order valence-electron chi connectivity index (χ2n) is 22.1. The molecule has 0 bridgehead atoms. The number of rotatable bonds is 22. The van der Waals surface area contributed by atoms with Crippen molar-refractivity contribution < 1.29 is 52.1 Å². The molecule has 0 aliphatic carbocycles. The van der Waals surface area contributed by atoms with Crippen molar-refractivity contribution in [3.8, 4) is 10.4 Å². The Morgan fingerprint density at radius 1 is 0.875 bits per heavy atom. The van der Waals surface area contributed by atoms with Gasteiger partial charge in [-0.3, -0.25) is 29.1 Å². The molecule has 6 aromatic rings. The number of aromatic amines is 1. The summed E-state index contributed by atoms with van der Waals surface area (Å²) in [7, 11) is 0. The third-order valence-electron chi connectivity index (χ3n) is 15.2. The Hall–Kier alpha value is -6.97. The number of nitrogens with one attached hydrogen (secondary N) is 3.